The van der Waals surface area contributed by atoms with Crippen molar-refractivity contribution in [3.05, 3.63) is 62.6 Å². The molecule has 0 saturated carbocycles. The number of aromatic hydroxyl groups is 1. The molecule has 1 aliphatic rings. The second-order valence-corrected chi connectivity index (χ2v) is 7.19. The predicted molar refractivity (Wildman–Crippen MR) is 108 cm³/mol. The van der Waals surface area contributed by atoms with Crippen LogP contribution in [-0.4, -0.2) is 38.3 Å². The number of carbonyl (C=O) groups excluding carboxylic acids is 1. The van der Waals surface area contributed by atoms with Crippen LogP contribution in [0.5, 0.6) is 5.88 Å². The third kappa shape index (κ3) is 3.65. The number of aromatic amines is 1. The number of allylic oxidation sites excluding steroid dienone is 1. The molecule has 2 aromatic heterocycles. The van der Waals surface area contributed by atoms with Gasteiger partial charge in [0, 0.05) is 42.2 Å². The molecule has 28 heavy (non-hydrogen) atoms. The summed E-state index contributed by atoms with van der Waals surface area (Å²) in [5, 5.41) is 13.2. The molecule has 3 heterocycles. The molecule has 3 aromatic rings. The molecule has 0 spiro atoms. The van der Waals surface area contributed by atoms with E-state index in [2.05, 4.69) is 20.3 Å². The molecule has 0 saturated heterocycles. The van der Waals surface area contributed by atoms with Gasteiger partial charge in [0.1, 0.15) is 6.54 Å². The van der Waals surface area contributed by atoms with Crippen molar-refractivity contribution in [3.63, 3.8) is 0 Å². The van der Waals surface area contributed by atoms with E-state index in [0.29, 0.717) is 17.8 Å². The van der Waals surface area contributed by atoms with E-state index in [1.54, 1.807) is 24.8 Å². The first-order valence-corrected chi connectivity index (χ1v) is 9.45. The number of hydrogen-bond acceptors (Lipinski definition) is 6. The summed E-state index contributed by atoms with van der Waals surface area (Å²) in [7, 11) is 0. The number of para-hydroxylation sites is 1. The van der Waals surface area contributed by atoms with Gasteiger partial charge < -0.3 is 15.4 Å². The molecular weight excluding hydrogens is 378 g/mol. The molecule has 0 atom stereocenters. The normalized spacial score (nSPS) is 13.8. The summed E-state index contributed by atoms with van der Waals surface area (Å²) in [6, 6.07) is 7.63. The first kappa shape index (κ1) is 17.9. The van der Waals surface area contributed by atoms with E-state index < -0.39 is 4.87 Å². The molecule has 0 bridgehead atoms. The van der Waals surface area contributed by atoms with E-state index in [-0.39, 0.29) is 18.3 Å². The fraction of sp³-hybridized carbons (Fsp3) is 0.158. The number of nitrogens with zero attached hydrogens (tertiary/aromatic N) is 3. The summed E-state index contributed by atoms with van der Waals surface area (Å²) in [5.74, 6) is -0.564. The molecule has 142 valence electrons. The van der Waals surface area contributed by atoms with Crippen LogP contribution in [0.15, 0.2) is 46.6 Å². The quantitative estimate of drug-likeness (QED) is 0.592. The molecule has 3 N–H and O–H groups in total. The first-order valence-electron chi connectivity index (χ1n) is 8.63. The molecule has 0 fully saturated rings. The Kier molecular flexibility index (Phi) is 4.90. The van der Waals surface area contributed by atoms with Crippen LogP contribution in [0.1, 0.15) is 16.1 Å². The lowest BCUT2D eigenvalue weighted by Crippen LogP contribution is -2.31. The molecule has 8 nitrogen and oxygen atoms in total. The van der Waals surface area contributed by atoms with Crippen LogP contribution in [-0.2, 0) is 17.8 Å². The lowest BCUT2D eigenvalue weighted by Gasteiger charge is -2.06. The largest absolute Gasteiger partial charge is 0.493 e. The number of aliphatic imine (C=N–C) groups is 1. The van der Waals surface area contributed by atoms with Crippen molar-refractivity contribution in [2.75, 3.05) is 6.54 Å². The Balaban J connectivity index is 1.46. The minimum Gasteiger partial charge on any atom is -0.493 e. The summed E-state index contributed by atoms with van der Waals surface area (Å²) in [6.45, 7) is 0.169. The minimum absolute atomic E-state index is 0.219. The van der Waals surface area contributed by atoms with Crippen molar-refractivity contribution in [1.29, 1.82) is 0 Å². The van der Waals surface area contributed by atoms with Crippen molar-refractivity contribution >= 4 is 40.8 Å². The number of thiazole rings is 1. The smallest absolute Gasteiger partial charge is 0.311 e. The number of amides is 1. The van der Waals surface area contributed by atoms with Gasteiger partial charge in [-0.3, -0.25) is 19.1 Å². The van der Waals surface area contributed by atoms with Gasteiger partial charge in [0.25, 0.3) is 0 Å². The van der Waals surface area contributed by atoms with E-state index >= 15 is 0 Å². The van der Waals surface area contributed by atoms with Crippen LogP contribution < -0.4 is 10.2 Å². The lowest BCUT2D eigenvalue weighted by molar-refractivity contribution is -0.121. The van der Waals surface area contributed by atoms with Gasteiger partial charge >= 0.3 is 4.87 Å². The number of imidazole rings is 1. The Bertz CT molecular complexity index is 1120. The first-order chi connectivity index (χ1) is 13.6. The van der Waals surface area contributed by atoms with Crippen LogP contribution >= 0.6 is 11.3 Å². The molecule has 4 rings (SSSR count). The van der Waals surface area contributed by atoms with Gasteiger partial charge in [0.2, 0.25) is 11.8 Å². The number of H-pyrrole nitrogens is 1. The molecule has 1 amide bonds. The second kappa shape index (κ2) is 7.65. The van der Waals surface area contributed by atoms with Crippen molar-refractivity contribution in [2.24, 2.45) is 4.99 Å². The average molecular weight is 395 g/mol. The molecular formula is C19H17N5O3S. The van der Waals surface area contributed by atoms with E-state index in [1.807, 2.05) is 24.3 Å². The number of hydrogen-bond donors (Lipinski definition) is 3. The maximum Gasteiger partial charge on any atom is 0.311 e. The van der Waals surface area contributed by atoms with E-state index in [0.717, 1.165) is 38.4 Å². The molecule has 0 unspecified atom stereocenters. The zero-order valence-electron chi connectivity index (χ0n) is 14.8. The van der Waals surface area contributed by atoms with Crippen LogP contribution in [0.3, 0.4) is 0 Å². The van der Waals surface area contributed by atoms with Crippen LogP contribution in [0.2, 0.25) is 0 Å². The van der Waals surface area contributed by atoms with Crippen molar-refractivity contribution in [1.82, 2.24) is 19.9 Å². The molecule has 1 aliphatic heterocycles. The maximum absolute atomic E-state index is 12.2. The highest BCUT2D eigenvalue weighted by Gasteiger charge is 2.18. The standard InChI is InChI=1S/C19H17N5O3S/c25-17(21-6-5-13-9-20-11-23-13)10-24-18(26)16(28-19(24)27)7-12-8-22-15-4-2-1-3-14(12)15/h1-4,7-9,11,26H,5-6,10H2,(H,20,23)(H,21,25). The predicted octanol–water partition coefficient (Wildman–Crippen LogP) is 1.95. The Morgan fingerprint density at radius 1 is 1.36 bits per heavy atom. The summed E-state index contributed by atoms with van der Waals surface area (Å²) >= 11 is 0.892. The SMILES string of the molecule is O=C(Cn1c(O)c(C=C2C=Nc3ccccc32)sc1=O)NCCc1cnc[nH]1. The van der Waals surface area contributed by atoms with E-state index in [4.69, 9.17) is 0 Å². The number of fused-ring (bicyclic) bond motifs is 1. The molecule has 0 radical (unpaired) electrons. The number of aromatic nitrogens is 3. The number of benzene rings is 1. The van der Waals surface area contributed by atoms with Crippen LogP contribution in [0.25, 0.3) is 11.6 Å². The Morgan fingerprint density at radius 3 is 3.04 bits per heavy atom. The topological polar surface area (TPSA) is 112 Å². The average Bonchev–Trinajstić information content (AvgIpc) is 3.40. The highest BCUT2D eigenvalue weighted by molar-refractivity contribution is 7.10. The zero-order chi connectivity index (χ0) is 19.5. The van der Waals surface area contributed by atoms with Crippen molar-refractivity contribution in [3.8, 4) is 5.88 Å². The van der Waals surface area contributed by atoms with Crippen molar-refractivity contribution in [2.45, 2.75) is 13.0 Å². The Morgan fingerprint density at radius 2 is 2.21 bits per heavy atom. The van der Waals surface area contributed by atoms with Crippen molar-refractivity contribution < 1.29 is 9.90 Å². The molecule has 1 aromatic carbocycles. The zero-order valence-corrected chi connectivity index (χ0v) is 15.6. The van der Waals surface area contributed by atoms with Gasteiger partial charge in [-0.25, -0.2) is 4.98 Å². The number of carbonyl (C=O) groups is 1. The third-order valence-corrected chi connectivity index (χ3v) is 5.23. The summed E-state index contributed by atoms with van der Waals surface area (Å²) in [4.78, 5) is 35.5. The third-order valence-electron chi connectivity index (χ3n) is 4.31. The fourth-order valence-corrected chi connectivity index (χ4v) is 3.74. The van der Waals surface area contributed by atoms with Crippen LogP contribution in [0.4, 0.5) is 5.69 Å². The Hall–Kier alpha value is -3.46. The lowest BCUT2D eigenvalue weighted by atomic mass is 10.1. The van der Waals surface area contributed by atoms with Gasteiger partial charge in [0.05, 0.1) is 16.9 Å². The molecule has 9 heteroatoms. The number of nitrogens with one attached hydrogen (secondary N) is 2. The number of rotatable bonds is 6. The van der Waals surface area contributed by atoms with E-state index in [9.17, 15) is 14.7 Å². The highest BCUT2D eigenvalue weighted by atomic mass is 32.1. The fourth-order valence-electron chi connectivity index (χ4n) is 2.90. The Labute approximate surface area is 163 Å². The second-order valence-electron chi connectivity index (χ2n) is 6.19. The van der Waals surface area contributed by atoms with Gasteiger partial charge in [-0.15, -0.1) is 0 Å². The summed E-state index contributed by atoms with van der Waals surface area (Å²) < 4.78 is 1.07. The monoisotopic (exact) mass is 395 g/mol. The summed E-state index contributed by atoms with van der Waals surface area (Å²) in [6.07, 6.45) is 7.27. The van der Waals surface area contributed by atoms with Gasteiger partial charge in [-0.1, -0.05) is 29.5 Å². The van der Waals surface area contributed by atoms with Gasteiger partial charge in [-0.2, -0.15) is 0 Å². The maximum atomic E-state index is 12.2. The van der Waals surface area contributed by atoms with Gasteiger partial charge in [0.15, 0.2) is 0 Å². The van der Waals surface area contributed by atoms with E-state index in [1.165, 1.54) is 0 Å². The highest BCUT2D eigenvalue weighted by Crippen LogP contribution is 2.34. The molecule has 0 aliphatic carbocycles. The minimum atomic E-state index is -0.392. The van der Waals surface area contributed by atoms with Gasteiger partial charge in [-0.05, 0) is 12.1 Å². The summed E-state index contributed by atoms with van der Waals surface area (Å²) in [5.41, 5.74) is 3.49. The van der Waals surface area contributed by atoms with Crippen LogP contribution in [0, 0.1) is 0 Å².